The highest BCUT2D eigenvalue weighted by atomic mass is 79.9. The molecule has 112 valence electrons. The molecule has 0 spiro atoms. The van der Waals surface area contributed by atoms with Crippen LogP contribution in [0.25, 0.3) is 0 Å². The minimum absolute atomic E-state index is 0.00973. The molecule has 2 rings (SSSR count). The molecule has 0 amide bonds. The fraction of sp³-hybridized carbons (Fsp3) is 0.200. The molecule has 0 aliphatic rings. The monoisotopic (exact) mass is 409 g/mol. The molecule has 1 unspecified atom stereocenters. The zero-order valence-electron chi connectivity index (χ0n) is 11.3. The second-order valence-electron chi connectivity index (χ2n) is 4.74. The predicted molar refractivity (Wildman–Crippen MR) is 92.3 cm³/mol. The number of halogens is 5. The van der Waals surface area contributed by atoms with Crippen LogP contribution in [-0.2, 0) is 0 Å². The van der Waals surface area contributed by atoms with E-state index in [0.29, 0.717) is 15.6 Å². The minimum atomic E-state index is -0.495. The van der Waals surface area contributed by atoms with Gasteiger partial charge in [-0.2, -0.15) is 0 Å². The Morgan fingerprint density at radius 2 is 1.71 bits per heavy atom. The van der Waals surface area contributed by atoms with Crippen LogP contribution in [-0.4, -0.2) is 0 Å². The normalized spacial score (nSPS) is 12.3. The van der Waals surface area contributed by atoms with Gasteiger partial charge in [-0.05, 0) is 65.2 Å². The van der Waals surface area contributed by atoms with Crippen LogP contribution in [0.2, 0.25) is 15.1 Å². The molecule has 21 heavy (non-hydrogen) atoms. The van der Waals surface area contributed by atoms with Crippen LogP contribution >= 0.6 is 50.7 Å². The van der Waals surface area contributed by atoms with Crippen molar-refractivity contribution >= 4 is 56.4 Å². The van der Waals surface area contributed by atoms with Gasteiger partial charge in [-0.3, -0.25) is 0 Å². The van der Waals surface area contributed by atoms with Crippen molar-refractivity contribution < 1.29 is 4.39 Å². The van der Waals surface area contributed by atoms with Crippen LogP contribution in [0.15, 0.2) is 28.7 Å². The van der Waals surface area contributed by atoms with E-state index in [1.165, 1.54) is 12.1 Å². The molecule has 2 aromatic rings. The van der Waals surface area contributed by atoms with Crippen molar-refractivity contribution in [2.45, 2.75) is 19.9 Å². The van der Waals surface area contributed by atoms with E-state index in [2.05, 4.69) is 21.2 Å². The highest BCUT2D eigenvalue weighted by Crippen LogP contribution is 2.34. The lowest BCUT2D eigenvalue weighted by Crippen LogP contribution is -2.08. The number of aryl methyl sites for hydroxylation is 1. The number of rotatable bonds is 3. The van der Waals surface area contributed by atoms with Crippen molar-refractivity contribution in [1.82, 2.24) is 0 Å². The molecular formula is C15H12BrCl3FN. The smallest absolute Gasteiger partial charge is 0.142 e. The molecular weight excluding hydrogens is 399 g/mol. The first-order valence-electron chi connectivity index (χ1n) is 6.16. The summed E-state index contributed by atoms with van der Waals surface area (Å²) in [4.78, 5) is 0. The summed E-state index contributed by atoms with van der Waals surface area (Å²) in [6.07, 6.45) is 0. The first-order chi connectivity index (χ1) is 9.79. The quantitative estimate of drug-likeness (QED) is 0.535. The van der Waals surface area contributed by atoms with Gasteiger partial charge in [-0.1, -0.05) is 34.8 Å². The summed E-state index contributed by atoms with van der Waals surface area (Å²) >= 11 is 21.4. The Kier molecular flexibility index (Phi) is 5.42. The van der Waals surface area contributed by atoms with E-state index in [-0.39, 0.29) is 11.1 Å². The molecule has 0 aromatic heterocycles. The van der Waals surface area contributed by atoms with Gasteiger partial charge in [0.05, 0.1) is 16.8 Å². The Morgan fingerprint density at radius 1 is 1.05 bits per heavy atom. The molecule has 0 saturated carbocycles. The van der Waals surface area contributed by atoms with Gasteiger partial charge in [-0.15, -0.1) is 0 Å². The average molecular weight is 412 g/mol. The van der Waals surface area contributed by atoms with Crippen LogP contribution in [0.3, 0.4) is 0 Å². The second-order valence-corrected chi connectivity index (χ2v) is 6.81. The van der Waals surface area contributed by atoms with Crippen molar-refractivity contribution in [3.63, 3.8) is 0 Å². The lowest BCUT2D eigenvalue weighted by molar-refractivity contribution is 0.624. The molecule has 0 aliphatic carbocycles. The maximum Gasteiger partial charge on any atom is 0.142 e. The van der Waals surface area contributed by atoms with Crippen LogP contribution in [0.1, 0.15) is 24.1 Å². The second kappa shape index (κ2) is 6.74. The SMILES string of the molecule is Cc1cc(Br)c(NC(C)c2cc(F)c(Cl)cc2Cl)cc1Cl. The Hall–Kier alpha value is -0.480. The van der Waals surface area contributed by atoms with Gasteiger partial charge in [0.15, 0.2) is 0 Å². The van der Waals surface area contributed by atoms with Gasteiger partial charge >= 0.3 is 0 Å². The highest BCUT2D eigenvalue weighted by molar-refractivity contribution is 9.10. The number of benzene rings is 2. The molecule has 0 fully saturated rings. The Balaban J connectivity index is 2.32. The first-order valence-corrected chi connectivity index (χ1v) is 8.09. The summed E-state index contributed by atoms with van der Waals surface area (Å²) in [6.45, 7) is 3.81. The van der Waals surface area contributed by atoms with Crippen LogP contribution < -0.4 is 5.32 Å². The maximum atomic E-state index is 13.6. The summed E-state index contributed by atoms with van der Waals surface area (Å²) in [5.74, 6) is -0.495. The third kappa shape index (κ3) is 3.84. The van der Waals surface area contributed by atoms with Gasteiger partial charge in [0.1, 0.15) is 5.82 Å². The third-order valence-corrected chi connectivity index (χ3v) is 4.81. The molecule has 0 saturated heterocycles. The zero-order valence-corrected chi connectivity index (χ0v) is 15.1. The van der Waals surface area contributed by atoms with Gasteiger partial charge in [-0.25, -0.2) is 4.39 Å². The van der Waals surface area contributed by atoms with Crippen LogP contribution in [0.4, 0.5) is 10.1 Å². The highest BCUT2D eigenvalue weighted by Gasteiger charge is 2.15. The van der Waals surface area contributed by atoms with Crippen molar-refractivity contribution in [3.8, 4) is 0 Å². The molecule has 0 radical (unpaired) electrons. The summed E-state index contributed by atoms with van der Waals surface area (Å²) in [6, 6.07) is 6.27. The molecule has 1 nitrogen and oxygen atoms in total. The van der Waals surface area contributed by atoms with Crippen molar-refractivity contribution in [3.05, 3.63) is 60.8 Å². The van der Waals surface area contributed by atoms with E-state index >= 15 is 0 Å². The van der Waals surface area contributed by atoms with E-state index in [4.69, 9.17) is 34.8 Å². The summed E-state index contributed by atoms with van der Waals surface area (Å²) in [5, 5.41) is 4.33. The van der Waals surface area contributed by atoms with E-state index in [1.54, 1.807) is 0 Å². The molecule has 1 atom stereocenters. The Bertz CT molecular complexity index is 691. The van der Waals surface area contributed by atoms with Crippen LogP contribution in [0, 0.1) is 12.7 Å². The van der Waals surface area contributed by atoms with E-state index < -0.39 is 5.82 Å². The molecule has 1 N–H and O–H groups in total. The molecule has 0 aliphatic heterocycles. The number of nitrogens with one attached hydrogen (secondary N) is 1. The Labute approximate surface area is 146 Å². The van der Waals surface area contributed by atoms with Crippen molar-refractivity contribution in [2.24, 2.45) is 0 Å². The zero-order chi connectivity index (χ0) is 15.7. The van der Waals surface area contributed by atoms with Gasteiger partial charge in [0, 0.05) is 14.5 Å². The molecule has 0 heterocycles. The molecule has 0 bridgehead atoms. The predicted octanol–water partition coefficient (Wildman–Crippen LogP) is 7.03. The van der Waals surface area contributed by atoms with Gasteiger partial charge < -0.3 is 5.32 Å². The van der Waals surface area contributed by atoms with Crippen LogP contribution in [0.5, 0.6) is 0 Å². The fourth-order valence-electron chi connectivity index (χ4n) is 1.94. The van der Waals surface area contributed by atoms with Gasteiger partial charge in [0.25, 0.3) is 0 Å². The fourth-order valence-corrected chi connectivity index (χ4v) is 3.22. The number of hydrogen-bond donors (Lipinski definition) is 1. The van der Waals surface area contributed by atoms with E-state index in [1.807, 2.05) is 26.0 Å². The van der Waals surface area contributed by atoms with Crippen molar-refractivity contribution in [1.29, 1.82) is 0 Å². The van der Waals surface area contributed by atoms with E-state index in [0.717, 1.165) is 15.7 Å². The lowest BCUT2D eigenvalue weighted by atomic mass is 10.1. The number of hydrogen-bond acceptors (Lipinski definition) is 1. The summed E-state index contributed by atoms with van der Waals surface area (Å²) in [5.41, 5.74) is 2.41. The third-order valence-electron chi connectivity index (χ3n) is 3.13. The number of anilines is 1. The first kappa shape index (κ1) is 16.9. The molecule has 2 aromatic carbocycles. The Morgan fingerprint density at radius 3 is 2.38 bits per heavy atom. The van der Waals surface area contributed by atoms with Crippen molar-refractivity contribution in [2.75, 3.05) is 5.32 Å². The topological polar surface area (TPSA) is 12.0 Å². The van der Waals surface area contributed by atoms with Gasteiger partial charge in [0.2, 0.25) is 0 Å². The standard InChI is InChI=1S/C15H12BrCl3FN/c1-7-3-10(16)15(6-11(7)17)21-8(2)9-4-14(20)13(19)5-12(9)18/h3-6,8,21H,1-2H3. The summed E-state index contributed by atoms with van der Waals surface area (Å²) < 4.78 is 14.5. The minimum Gasteiger partial charge on any atom is -0.378 e. The molecule has 6 heteroatoms. The average Bonchev–Trinajstić information content (AvgIpc) is 2.40. The largest absolute Gasteiger partial charge is 0.378 e. The van der Waals surface area contributed by atoms with E-state index in [9.17, 15) is 4.39 Å². The summed E-state index contributed by atoms with van der Waals surface area (Å²) in [7, 11) is 0. The lowest BCUT2D eigenvalue weighted by Gasteiger charge is -2.19. The maximum absolute atomic E-state index is 13.6.